The van der Waals surface area contributed by atoms with Crippen LogP contribution >= 0.6 is 0 Å². The van der Waals surface area contributed by atoms with Crippen molar-refractivity contribution in [2.24, 2.45) is 0 Å². The van der Waals surface area contributed by atoms with Crippen LogP contribution in [0.5, 0.6) is 0 Å². The Bertz CT molecular complexity index is 599. The van der Waals surface area contributed by atoms with E-state index < -0.39 is 0 Å². The van der Waals surface area contributed by atoms with Gasteiger partial charge in [0.05, 0.1) is 18.0 Å². The molecule has 2 aromatic rings. The molecular formula is C17H23N3O. The van der Waals surface area contributed by atoms with Crippen molar-refractivity contribution in [3.05, 3.63) is 47.3 Å². The molecule has 1 saturated carbocycles. The number of aromatic nitrogens is 2. The van der Waals surface area contributed by atoms with E-state index in [2.05, 4.69) is 47.3 Å². The molecule has 1 aromatic heterocycles. The Morgan fingerprint density at radius 3 is 2.48 bits per heavy atom. The van der Waals surface area contributed by atoms with Crippen molar-refractivity contribution >= 4 is 0 Å². The van der Waals surface area contributed by atoms with Crippen LogP contribution in [-0.4, -0.2) is 39.0 Å². The number of aryl methyl sites for hydroxylation is 2. The van der Waals surface area contributed by atoms with Crippen LogP contribution in [0.1, 0.15) is 29.8 Å². The molecule has 1 aliphatic carbocycles. The maximum Gasteiger partial charge on any atom is 0.0648 e. The molecule has 0 atom stereocenters. The van der Waals surface area contributed by atoms with E-state index in [4.69, 9.17) is 5.11 Å². The van der Waals surface area contributed by atoms with Crippen molar-refractivity contribution in [2.45, 2.75) is 39.3 Å². The fraction of sp³-hybridized carbons (Fsp3) is 0.471. The predicted octanol–water partition coefficient (Wildman–Crippen LogP) is 2.45. The summed E-state index contributed by atoms with van der Waals surface area (Å²) in [5, 5.41) is 13.7. The van der Waals surface area contributed by atoms with Crippen LogP contribution in [0.2, 0.25) is 0 Å². The molecule has 1 heterocycles. The average molecular weight is 285 g/mol. The summed E-state index contributed by atoms with van der Waals surface area (Å²) in [4.78, 5) is 2.37. The second-order valence-electron chi connectivity index (χ2n) is 5.93. The first kappa shape index (κ1) is 14.3. The first-order valence-corrected chi connectivity index (χ1v) is 7.65. The zero-order valence-corrected chi connectivity index (χ0v) is 12.8. The first-order chi connectivity index (χ1) is 10.2. The molecule has 4 heteroatoms. The third-order valence-corrected chi connectivity index (χ3v) is 4.03. The van der Waals surface area contributed by atoms with Gasteiger partial charge in [-0.05, 0) is 50.5 Å². The summed E-state index contributed by atoms with van der Waals surface area (Å²) in [7, 11) is 0. The molecule has 0 unspecified atom stereocenters. The Hall–Kier alpha value is -1.65. The molecule has 0 bridgehead atoms. The molecule has 1 aliphatic rings. The lowest BCUT2D eigenvalue weighted by Gasteiger charge is -2.21. The Kier molecular flexibility index (Phi) is 4.08. The minimum Gasteiger partial charge on any atom is -0.395 e. The van der Waals surface area contributed by atoms with Crippen LogP contribution < -0.4 is 0 Å². The molecule has 0 aliphatic heterocycles. The van der Waals surface area contributed by atoms with Crippen LogP contribution in [0.4, 0.5) is 0 Å². The van der Waals surface area contributed by atoms with E-state index in [0.717, 1.165) is 30.2 Å². The zero-order chi connectivity index (χ0) is 14.8. The minimum absolute atomic E-state index is 0.236. The summed E-state index contributed by atoms with van der Waals surface area (Å²) in [6.45, 7) is 6.01. The van der Waals surface area contributed by atoms with Crippen molar-refractivity contribution in [2.75, 3.05) is 13.2 Å². The van der Waals surface area contributed by atoms with Crippen LogP contribution in [0.25, 0.3) is 5.69 Å². The largest absolute Gasteiger partial charge is 0.395 e. The van der Waals surface area contributed by atoms with Crippen LogP contribution in [0.3, 0.4) is 0 Å². The molecule has 1 aromatic carbocycles. The maximum atomic E-state index is 9.16. The third kappa shape index (κ3) is 3.34. The third-order valence-electron chi connectivity index (χ3n) is 4.03. The molecule has 3 rings (SSSR count). The van der Waals surface area contributed by atoms with Crippen molar-refractivity contribution in [1.29, 1.82) is 0 Å². The van der Waals surface area contributed by atoms with Crippen molar-refractivity contribution in [3.63, 3.8) is 0 Å². The molecule has 0 radical (unpaired) electrons. The number of rotatable bonds is 6. The van der Waals surface area contributed by atoms with E-state index in [1.54, 1.807) is 0 Å². The molecule has 1 fully saturated rings. The zero-order valence-electron chi connectivity index (χ0n) is 12.8. The van der Waals surface area contributed by atoms with E-state index in [1.807, 2.05) is 11.6 Å². The van der Waals surface area contributed by atoms with Crippen molar-refractivity contribution < 1.29 is 5.11 Å². The lowest BCUT2D eigenvalue weighted by atomic mass is 10.2. The second kappa shape index (κ2) is 6.00. The molecule has 1 N–H and O–H groups in total. The number of aliphatic hydroxyl groups excluding tert-OH is 1. The Morgan fingerprint density at radius 1 is 1.24 bits per heavy atom. The van der Waals surface area contributed by atoms with Gasteiger partial charge in [-0.15, -0.1) is 0 Å². The highest BCUT2D eigenvalue weighted by Gasteiger charge is 2.28. The number of nitrogens with zero attached hydrogens (tertiary/aromatic N) is 3. The van der Waals surface area contributed by atoms with Gasteiger partial charge in [0, 0.05) is 24.8 Å². The summed E-state index contributed by atoms with van der Waals surface area (Å²) in [5.74, 6) is 0. The highest BCUT2D eigenvalue weighted by molar-refractivity contribution is 5.36. The molecular weight excluding hydrogens is 262 g/mol. The van der Waals surface area contributed by atoms with Gasteiger partial charge in [-0.3, -0.25) is 4.90 Å². The summed E-state index contributed by atoms with van der Waals surface area (Å²) < 4.78 is 1.98. The van der Waals surface area contributed by atoms with Gasteiger partial charge in [-0.2, -0.15) is 5.10 Å². The van der Waals surface area contributed by atoms with Crippen molar-refractivity contribution in [3.8, 4) is 5.69 Å². The molecule has 0 spiro atoms. The molecule has 4 nitrogen and oxygen atoms in total. The predicted molar refractivity (Wildman–Crippen MR) is 83.6 cm³/mol. The highest BCUT2D eigenvalue weighted by atomic mass is 16.3. The van der Waals surface area contributed by atoms with E-state index in [9.17, 15) is 0 Å². The van der Waals surface area contributed by atoms with E-state index in [-0.39, 0.29) is 6.61 Å². The van der Waals surface area contributed by atoms with Crippen LogP contribution in [0, 0.1) is 13.8 Å². The van der Waals surface area contributed by atoms with Crippen LogP contribution in [0.15, 0.2) is 30.3 Å². The summed E-state index contributed by atoms with van der Waals surface area (Å²) >= 11 is 0. The lowest BCUT2D eigenvalue weighted by Crippen LogP contribution is -2.28. The standard InChI is InChI=1S/C17H23N3O/c1-13-11-14(2)20(18-13)17-5-3-15(4-6-17)12-19(9-10-21)16-7-8-16/h3-6,11,16,21H,7-10,12H2,1-2H3. The summed E-state index contributed by atoms with van der Waals surface area (Å²) in [6, 6.07) is 11.3. The van der Waals surface area contributed by atoms with Gasteiger partial charge in [0.2, 0.25) is 0 Å². The van der Waals surface area contributed by atoms with Gasteiger partial charge in [0.1, 0.15) is 0 Å². The van der Waals surface area contributed by atoms with E-state index in [1.165, 1.54) is 18.4 Å². The Labute approximate surface area is 126 Å². The quantitative estimate of drug-likeness (QED) is 0.886. The Morgan fingerprint density at radius 2 is 1.95 bits per heavy atom. The first-order valence-electron chi connectivity index (χ1n) is 7.65. The van der Waals surface area contributed by atoms with Crippen LogP contribution in [-0.2, 0) is 6.54 Å². The van der Waals surface area contributed by atoms with Gasteiger partial charge in [-0.25, -0.2) is 4.68 Å². The fourth-order valence-corrected chi connectivity index (χ4v) is 2.83. The molecule has 0 amide bonds. The smallest absolute Gasteiger partial charge is 0.0648 e. The second-order valence-corrected chi connectivity index (χ2v) is 5.93. The maximum absolute atomic E-state index is 9.16. The topological polar surface area (TPSA) is 41.3 Å². The molecule has 21 heavy (non-hydrogen) atoms. The van der Waals surface area contributed by atoms with Gasteiger partial charge < -0.3 is 5.11 Å². The van der Waals surface area contributed by atoms with Crippen molar-refractivity contribution in [1.82, 2.24) is 14.7 Å². The monoisotopic (exact) mass is 285 g/mol. The highest BCUT2D eigenvalue weighted by Crippen LogP contribution is 2.28. The number of hydrogen-bond acceptors (Lipinski definition) is 3. The van der Waals surface area contributed by atoms with Gasteiger partial charge in [0.25, 0.3) is 0 Å². The van der Waals surface area contributed by atoms with E-state index in [0.29, 0.717) is 6.04 Å². The SMILES string of the molecule is Cc1cc(C)n(-c2ccc(CN(CCO)C3CC3)cc2)n1. The minimum atomic E-state index is 0.236. The average Bonchev–Trinajstić information content (AvgIpc) is 3.25. The normalized spacial score (nSPS) is 14.9. The Balaban J connectivity index is 1.73. The molecule has 0 saturated heterocycles. The van der Waals surface area contributed by atoms with Gasteiger partial charge in [-0.1, -0.05) is 12.1 Å². The van der Waals surface area contributed by atoms with E-state index >= 15 is 0 Å². The van der Waals surface area contributed by atoms with Gasteiger partial charge >= 0.3 is 0 Å². The number of hydrogen-bond donors (Lipinski definition) is 1. The number of aliphatic hydroxyl groups is 1. The number of benzene rings is 1. The van der Waals surface area contributed by atoms with Gasteiger partial charge in [0.15, 0.2) is 0 Å². The summed E-state index contributed by atoms with van der Waals surface area (Å²) in [5.41, 5.74) is 4.59. The lowest BCUT2D eigenvalue weighted by molar-refractivity contribution is 0.183. The molecule has 112 valence electrons. The fourth-order valence-electron chi connectivity index (χ4n) is 2.83. The summed E-state index contributed by atoms with van der Waals surface area (Å²) in [6.07, 6.45) is 2.54.